The summed E-state index contributed by atoms with van der Waals surface area (Å²) in [6.45, 7) is 1.92. The largest absolute Gasteiger partial charge is 0.393 e. The normalized spacial score (nSPS) is 24.4. The summed E-state index contributed by atoms with van der Waals surface area (Å²) in [5.74, 6) is -0.0370. The van der Waals surface area contributed by atoms with E-state index in [9.17, 15) is 4.79 Å². The van der Waals surface area contributed by atoms with Crippen molar-refractivity contribution in [1.29, 1.82) is 0 Å². The van der Waals surface area contributed by atoms with Crippen LogP contribution in [-0.2, 0) is 0 Å². The molecule has 0 aliphatic heterocycles. The maximum absolute atomic E-state index is 11.8. The Morgan fingerprint density at radius 1 is 1.40 bits per heavy atom. The number of carbonyl (C=O) groups is 1. The number of aliphatic hydroxyl groups excluding tert-OH is 1. The monoisotopic (exact) mass is 205 g/mol. The fourth-order valence-electron chi connectivity index (χ4n) is 1.80. The predicted molar refractivity (Wildman–Crippen MR) is 57.7 cm³/mol. The van der Waals surface area contributed by atoms with E-state index < -0.39 is 0 Å². The van der Waals surface area contributed by atoms with Gasteiger partial charge in [0.2, 0.25) is 0 Å². The lowest BCUT2D eigenvalue weighted by Gasteiger charge is -2.32. The van der Waals surface area contributed by atoms with Crippen LogP contribution >= 0.6 is 0 Å². The molecule has 1 saturated carbocycles. The van der Waals surface area contributed by atoms with Crippen LogP contribution in [-0.4, -0.2) is 23.2 Å². The Hall–Kier alpha value is -1.35. The molecular weight excluding hydrogens is 190 g/mol. The highest BCUT2D eigenvalue weighted by atomic mass is 16.3. The Bertz CT molecular complexity index is 370. The zero-order valence-electron chi connectivity index (χ0n) is 8.73. The van der Waals surface area contributed by atoms with Crippen molar-refractivity contribution < 1.29 is 9.90 Å². The fraction of sp³-hybridized carbons (Fsp3) is 0.417. The molecule has 2 N–H and O–H groups in total. The summed E-state index contributed by atoms with van der Waals surface area (Å²) in [6, 6.07) is 7.66. The number of nitrogens with one attached hydrogen (secondary N) is 1. The summed E-state index contributed by atoms with van der Waals surface area (Å²) in [7, 11) is 0. The number of rotatable bonds is 2. The number of aliphatic hydroxyl groups is 1. The molecule has 0 radical (unpaired) electrons. The third-order valence-corrected chi connectivity index (χ3v) is 2.84. The van der Waals surface area contributed by atoms with Crippen molar-refractivity contribution >= 4 is 5.91 Å². The Labute approximate surface area is 89.1 Å². The van der Waals surface area contributed by atoms with Crippen molar-refractivity contribution in [2.45, 2.75) is 31.9 Å². The number of amides is 1. The molecule has 0 bridgehead atoms. The first-order valence-electron chi connectivity index (χ1n) is 5.21. The van der Waals surface area contributed by atoms with E-state index in [2.05, 4.69) is 5.32 Å². The minimum atomic E-state index is -0.229. The highest BCUT2D eigenvalue weighted by molar-refractivity contribution is 5.95. The highest BCUT2D eigenvalue weighted by Crippen LogP contribution is 2.20. The van der Waals surface area contributed by atoms with E-state index >= 15 is 0 Å². The van der Waals surface area contributed by atoms with Gasteiger partial charge in [-0.05, 0) is 31.4 Å². The van der Waals surface area contributed by atoms with E-state index in [1.54, 1.807) is 0 Å². The van der Waals surface area contributed by atoms with Crippen LogP contribution < -0.4 is 5.32 Å². The lowest BCUT2D eigenvalue weighted by Crippen LogP contribution is -2.46. The molecule has 1 amide bonds. The van der Waals surface area contributed by atoms with E-state index in [0.29, 0.717) is 12.8 Å². The molecule has 15 heavy (non-hydrogen) atoms. The number of hydrogen-bond donors (Lipinski definition) is 2. The van der Waals surface area contributed by atoms with Crippen molar-refractivity contribution in [3.8, 4) is 0 Å². The van der Waals surface area contributed by atoms with Crippen LogP contribution in [0.1, 0.15) is 28.8 Å². The van der Waals surface area contributed by atoms with Crippen LogP contribution in [0.4, 0.5) is 0 Å². The molecule has 1 aliphatic carbocycles. The van der Waals surface area contributed by atoms with Crippen LogP contribution in [0.3, 0.4) is 0 Å². The minimum absolute atomic E-state index is 0.0370. The van der Waals surface area contributed by atoms with Gasteiger partial charge in [-0.25, -0.2) is 0 Å². The summed E-state index contributed by atoms with van der Waals surface area (Å²) < 4.78 is 0. The van der Waals surface area contributed by atoms with E-state index in [4.69, 9.17) is 5.11 Å². The molecule has 3 heteroatoms. The summed E-state index contributed by atoms with van der Waals surface area (Å²) in [5.41, 5.74) is 1.70. The average molecular weight is 205 g/mol. The second-order valence-corrected chi connectivity index (χ2v) is 4.11. The summed E-state index contributed by atoms with van der Waals surface area (Å²) in [6.07, 6.45) is 1.13. The molecule has 0 saturated heterocycles. The zero-order chi connectivity index (χ0) is 10.8. The van der Waals surface area contributed by atoms with Crippen molar-refractivity contribution in [3.05, 3.63) is 35.4 Å². The standard InChI is InChI=1S/C12H15NO2/c1-8-4-2-3-5-11(8)12(15)13-9-6-10(14)7-9/h2-5,9-10,14H,6-7H2,1H3,(H,13,15). The van der Waals surface area contributed by atoms with E-state index in [0.717, 1.165) is 11.1 Å². The van der Waals surface area contributed by atoms with E-state index in [1.807, 2.05) is 31.2 Å². The van der Waals surface area contributed by atoms with E-state index in [1.165, 1.54) is 0 Å². The van der Waals surface area contributed by atoms with Crippen LogP contribution in [0.25, 0.3) is 0 Å². The second kappa shape index (κ2) is 4.03. The average Bonchev–Trinajstić information content (AvgIpc) is 2.16. The van der Waals surface area contributed by atoms with Gasteiger partial charge in [0.05, 0.1) is 6.10 Å². The van der Waals surface area contributed by atoms with Gasteiger partial charge in [-0.2, -0.15) is 0 Å². The lowest BCUT2D eigenvalue weighted by atomic mass is 9.89. The topological polar surface area (TPSA) is 49.3 Å². The summed E-state index contributed by atoms with van der Waals surface area (Å²) in [4.78, 5) is 11.8. The summed E-state index contributed by atoms with van der Waals surface area (Å²) >= 11 is 0. The first-order chi connectivity index (χ1) is 7.16. The molecule has 1 aromatic carbocycles. The lowest BCUT2D eigenvalue weighted by molar-refractivity contribution is 0.0562. The van der Waals surface area contributed by atoms with Crippen molar-refractivity contribution in [2.75, 3.05) is 0 Å². The second-order valence-electron chi connectivity index (χ2n) is 4.11. The van der Waals surface area contributed by atoms with Crippen LogP contribution in [0.2, 0.25) is 0 Å². The number of hydrogen-bond acceptors (Lipinski definition) is 2. The third kappa shape index (κ3) is 2.18. The van der Waals surface area contributed by atoms with Gasteiger partial charge in [0, 0.05) is 11.6 Å². The van der Waals surface area contributed by atoms with Crippen LogP contribution in [0, 0.1) is 6.92 Å². The Balaban J connectivity index is 1.99. The van der Waals surface area contributed by atoms with Gasteiger partial charge in [-0.1, -0.05) is 18.2 Å². The molecule has 1 fully saturated rings. The van der Waals surface area contributed by atoms with Gasteiger partial charge in [-0.15, -0.1) is 0 Å². The molecule has 80 valence electrons. The van der Waals surface area contributed by atoms with Crippen molar-refractivity contribution in [3.63, 3.8) is 0 Å². The third-order valence-electron chi connectivity index (χ3n) is 2.84. The molecule has 2 rings (SSSR count). The van der Waals surface area contributed by atoms with Gasteiger partial charge in [0.15, 0.2) is 0 Å². The fourth-order valence-corrected chi connectivity index (χ4v) is 1.80. The van der Waals surface area contributed by atoms with Crippen molar-refractivity contribution in [1.82, 2.24) is 5.32 Å². The minimum Gasteiger partial charge on any atom is -0.393 e. The molecule has 1 aromatic rings. The first-order valence-corrected chi connectivity index (χ1v) is 5.21. The molecule has 0 spiro atoms. The summed E-state index contributed by atoms with van der Waals surface area (Å²) in [5, 5.41) is 12.0. The SMILES string of the molecule is Cc1ccccc1C(=O)NC1CC(O)C1. The molecule has 0 unspecified atom stereocenters. The maximum atomic E-state index is 11.8. The highest BCUT2D eigenvalue weighted by Gasteiger charge is 2.28. The van der Waals surface area contributed by atoms with E-state index in [-0.39, 0.29) is 18.1 Å². The number of benzene rings is 1. The molecule has 0 atom stereocenters. The Kier molecular flexibility index (Phi) is 2.73. The Morgan fingerprint density at radius 2 is 2.07 bits per heavy atom. The quantitative estimate of drug-likeness (QED) is 0.763. The Morgan fingerprint density at radius 3 is 2.67 bits per heavy atom. The molecular formula is C12H15NO2. The first kappa shape index (κ1) is 10.2. The van der Waals surface area contributed by atoms with Crippen LogP contribution in [0.15, 0.2) is 24.3 Å². The van der Waals surface area contributed by atoms with Gasteiger partial charge >= 0.3 is 0 Å². The van der Waals surface area contributed by atoms with Crippen LogP contribution in [0.5, 0.6) is 0 Å². The van der Waals surface area contributed by atoms with Gasteiger partial charge in [-0.3, -0.25) is 4.79 Å². The predicted octanol–water partition coefficient (Wildman–Crippen LogP) is 1.25. The number of carbonyl (C=O) groups excluding carboxylic acids is 1. The smallest absolute Gasteiger partial charge is 0.251 e. The molecule has 0 aromatic heterocycles. The number of aryl methyl sites for hydroxylation is 1. The van der Waals surface area contributed by atoms with Crippen molar-refractivity contribution in [2.24, 2.45) is 0 Å². The molecule has 1 aliphatic rings. The van der Waals surface area contributed by atoms with Gasteiger partial charge in [0.25, 0.3) is 5.91 Å². The maximum Gasteiger partial charge on any atom is 0.251 e. The molecule has 3 nitrogen and oxygen atoms in total. The van der Waals surface area contributed by atoms with Gasteiger partial charge < -0.3 is 10.4 Å². The zero-order valence-corrected chi connectivity index (χ0v) is 8.73. The van der Waals surface area contributed by atoms with Gasteiger partial charge in [0.1, 0.15) is 0 Å². The molecule has 0 heterocycles.